The van der Waals surface area contributed by atoms with Crippen LogP contribution in [0, 0.1) is 13.8 Å². The molecular weight excluding hydrogens is 458 g/mol. The number of ketones is 1. The van der Waals surface area contributed by atoms with Crippen molar-refractivity contribution >= 4 is 11.8 Å². The van der Waals surface area contributed by atoms with Gasteiger partial charge in [0.25, 0.3) is 0 Å². The van der Waals surface area contributed by atoms with E-state index in [2.05, 4.69) is 11.4 Å². The maximum absolute atomic E-state index is 13.2. The minimum atomic E-state index is -0.498. The summed E-state index contributed by atoms with van der Waals surface area (Å²) in [6.45, 7) is 6.16. The molecule has 1 aliphatic carbocycles. The predicted octanol–water partition coefficient (Wildman–Crippen LogP) is 5.04. The monoisotopic (exact) mass is 491 g/mol. The highest BCUT2D eigenvalue weighted by molar-refractivity contribution is 6.03. The zero-order valence-corrected chi connectivity index (χ0v) is 21.7. The third kappa shape index (κ3) is 4.57. The molecule has 1 aliphatic heterocycles. The quantitative estimate of drug-likeness (QED) is 0.543. The molecule has 2 aliphatic rings. The first kappa shape index (κ1) is 25.4. The molecular formula is C29H33NO6. The number of Topliss-reactive ketones (excluding diaryl/α,β-unsaturated/α-hetero) is 1. The number of nitrogens with one attached hydrogen (secondary N) is 1. The molecule has 0 amide bonds. The van der Waals surface area contributed by atoms with Crippen LogP contribution >= 0.6 is 0 Å². The molecule has 0 aromatic heterocycles. The highest BCUT2D eigenvalue weighted by Gasteiger charge is 2.39. The molecule has 2 aromatic rings. The number of methoxy groups -OCH3 is 3. The summed E-state index contributed by atoms with van der Waals surface area (Å²) in [5, 5.41) is 3.32. The van der Waals surface area contributed by atoms with Gasteiger partial charge in [-0.25, -0.2) is 4.79 Å². The molecule has 0 saturated carbocycles. The van der Waals surface area contributed by atoms with Gasteiger partial charge in [0.1, 0.15) is 6.61 Å². The van der Waals surface area contributed by atoms with Gasteiger partial charge in [-0.2, -0.15) is 0 Å². The first-order valence-corrected chi connectivity index (χ1v) is 12.1. The third-order valence-corrected chi connectivity index (χ3v) is 6.97. The highest BCUT2D eigenvalue weighted by atomic mass is 16.5. The zero-order valence-electron chi connectivity index (χ0n) is 21.7. The summed E-state index contributed by atoms with van der Waals surface area (Å²) in [7, 11) is 4.54. The molecule has 1 heterocycles. The van der Waals surface area contributed by atoms with Crippen molar-refractivity contribution in [2.75, 3.05) is 21.3 Å². The summed E-state index contributed by atoms with van der Waals surface area (Å²) in [6.07, 6.45) is 2.04. The highest BCUT2D eigenvalue weighted by Crippen LogP contribution is 2.44. The van der Waals surface area contributed by atoms with Crippen LogP contribution in [0.2, 0.25) is 0 Å². The van der Waals surface area contributed by atoms with Crippen molar-refractivity contribution in [2.24, 2.45) is 0 Å². The maximum Gasteiger partial charge on any atom is 0.336 e. The van der Waals surface area contributed by atoms with Crippen LogP contribution in [0.5, 0.6) is 17.2 Å². The van der Waals surface area contributed by atoms with Gasteiger partial charge in [-0.3, -0.25) is 4.79 Å². The van der Waals surface area contributed by atoms with Crippen molar-refractivity contribution < 1.29 is 28.5 Å². The maximum atomic E-state index is 13.2. The van der Waals surface area contributed by atoms with E-state index < -0.39 is 11.9 Å². The minimum Gasteiger partial charge on any atom is -0.493 e. The predicted molar refractivity (Wildman–Crippen MR) is 136 cm³/mol. The average molecular weight is 492 g/mol. The summed E-state index contributed by atoms with van der Waals surface area (Å²) in [6, 6.07) is 9.60. The van der Waals surface area contributed by atoms with E-state index >= 15 is 0 Å². The Balaban J connectivity index is 1.80. The fraction of sp³-hybridized carbons (Fsp3) is 0.379. The lowest BCUT2D eigenvalue weighted by atomic mass is 9.73. The Labute approximate surface area is 212 Å². The number of aryl methyl sites for hydroxylation is 2. The molecule has 0 radical (unpaired) electrons. The molecule has 7 heteroatoms. The number of benzene rings is 2. The number of ether oxygens (including phenoxy) is 4. The topological polar surface area (TPSA) is 83.1 Å². The first-order valence-electron chi connectivity index (χ1n) is 12.1. The SMILES string of the molecule is COC(=O)C1=C(C)NC2=C(C(=O)CCC2)[C@@H]1c1cc(COc2c(OC)cccc2OC)c(C)cc1C. The van der Waals surface area contributed by atoms with Crippen LogP contribution in [0.4, 0.5) is 0 Å². The largest absolute Gasteiger partial charge is 0.493 e. The van der Waals surface area contributed by atoms with Crippen LogP contribution in [-0.2, 0) is 20.9 Å². The summed E-state index contributed by atoms with van der Waals surface area (Å²) in [5.41, 5.74) is 6.63. The number of allylic oxidation sites excluding steroid dienone is 3. The second-order valence-corrected chi connectivity index (χ2v) is 9.17. The Morgan fingerprint density at radius 2 is 1.69 bits per heavy atom. The Kier molecular flexibility index (Phi) is 7.38. The Morgan fingerprint density at radius 1 is 1.00 bits per heavy atom. The second-order valence-electron chi connectivity index (χ2n) is 9.17. The van der Waals surface area contributed by atoms with E-state index in [0.29, 0.717) is 34.8 Å². The lowest BCUT2D eigenvalue weighted by molar-refractivity contribution is -0.136. The van der Waals surface area contributed by atoms with E-state index in [9.17, 15) is 9.59 Å². The molecule has 0 bridgehead atoms. The van der Waals surface area contributed by atoms with Crippen molar-refractivity contribution in [2.45, 2.75) is 52.6 Å². The summed E-state index contributed by atoms with van der Waals surface area (Å²) in [4.78, 5) is 26.1. The molecule has 7 nitrogen and oxygen atoms in total. The van der Waals surface area contributed by atoms with Crippen LogP contribution in [-0.4, -0.2) is 33.1 Å². The fourth-order valence-electron chi connectivity index (χ4n) is 5.17. The number of dihydropyridines is 1. The van der Waals surface area contributed by atoms with Crippen molar-refractivity contribution in [3.63, 3.8) is 0 Å². The van der Waals surface area contributed by atoms with Crippen molar-refractivity contribution in [3.8, 4) is 17.2 Å². The van der Waals surface area contributed by atoms with E-state index in [1.165, 1.54) is 7.11 Å². The van der Waals surface area contributed by atoms with Gasteiger partial charge >= 0.3 is 5.97 Å². The van der Waals surface area contributed by atoms with E-state index in [0.717, 1.165) is 46.5 Å². The van der Waals surface area contributed by atoms with E-state index in [1.807, 2.05) is 45.0 Å². The lowest BCUT2D eigenvalue weighted by Gasteiger charge is -2.35. The van der Waals surface area contributed by atoms with Crippen LogP contribution in [0.15, 0.2) is 52.9 Å². The van der Waals surface area contributed by atoms with Gasteiger partial charge in [-0.1, -0.05) is 18.2 Å². The number of hydrogen-bond donors (Lipinski definition) is 1. The number of hydrogen-bond acceptors (Lipinski definition) is 7. The molecule has 0 fully saturated rings. The van der Waals surface area contributed by atoms with Crippen LogP contribution in [0.1, 0.15) is 54.4 Å². The Morgan fingerprint density at radius 3 is 2.33 bits per heavy atom. The molecule has 0 saturated heterocycles. The molecule has 36 heavy (non-hydrogen) atoms. The smallest absolute Gasteiger partial charge is 0.336 e. The Bertz CT molecular complexity index is 1250. The zero-order chi connectivity index (χ0) is 26.0. The van der Waals surface area contributed by atoms with Gasteiger partial charge in [-0.15, -0.1) is 0 Å². The summed E-state index contributed by atoms with van der Waals surface area (Å²) >= 11 is 0. The minimum absolute atomic E-state index is 0.0687. The van der Waals surface area contributed by atoms with Gasteiger partial charge < -0.3 is 24.3 Å². The molecule has 190 valence electrons. The van der Waals surface area contributed by atoms with Gasteiger partial charge in [0.2, 0.25) is 5.75 Å². The molecule has 4 rings (SSSR count). The third-order valence-electron chi connectivity index (χ3n) is 6.97. The van der Waals surface area contributed by atoms with Gasteiger partial charge in [-0.05, 0) is 68.0 Å². The fourth-order valence-corrected chi connectivity index (χ4v) is 5.17. The van der Waals surface area contributed by atoms with Crippen LogP contribution in [0.25, 0.3) is 0 Å². The molecule has 0 spiro atoms. The van der Waals surface area contributed by atoms with Gasteiger partial charge in [0, 0.05) is 29.3 Å². The molecule has 1 N–H and O–H groups in total. The molecule has 1 atom stereocenters. The molecule has 2 aromatic carbocycles. The summed E-state index contributed by atoms with van der Waals surface area (Å²) in [5.74, 6) is 0.801. The number of carbonyl (C=O) groups is 2. The second kappa shape index (κ2) is 10.5. The van der Waals surface area contributed by atoms with E-state index in [-0.39, 0.29) is 12.4 Å². The lowest BCUT2D eigenvalue weighted by Crippen LogP contribution is -2.34. The number of esters is 1. The van der Waals surface area contributed by atoms with Gasteiger partial charge in [0.15, 0.2) is 17.3 Å². The normalized spacial score (nSPS) is 17.4. The standard InChI is InChI=1S/C29H33NO6/c1-16-13-17(2)20(14-19(16)15-36-28-23(33-4)11-8-12-24(28)34-5)26-25(29(32)35-6)18(3)30-21-9-7-10-22(31)27(21)26/h8,11-14,26,30H,7,9-10,15H2,1-6H3/t26-/m1/s1. The van der Waals surface area contributed by atoms with Crippen LogP contribution in [0.3, 0.4) is 0 Å². The first-order chi connectivity index (χ1) is 17.3. The van der Waals surface area contributed by atoms with Gasteiger partial charge in [0.05, 0.1) is 26.9 Å². The van der Waals surface area contributed by atoms with E-state index in [1.54, 1.807) is 14.2 Å². The van der Waals surface area contributed by atoms with Crippen molar-refractivity contribution in [3.05, 3.63) is 75.1 Å². The van der Waals surface area contributed by atoms with Crippen molar-refractivity contribution in [1.29, 1.82) is 0 Å². The number of carbonyl (C=O) groups excluding carboxylic acids is 2. The summed E-state index contributed by atoms with van der Waals surface area (Å²) < 4.78 is 22.3. The number of para-hydroxylation sites is 1. The van der Waals surface area contributed by atoms with Crippen molar-refractivity contribution in [1.82, 2.24) is 5.32 Å². The number of rotatable bonds is 7. The van der Waals surface area contributed by atoms with E-state index in [4.69, 9.17) is 18.9 Å². The molecule has 0 unspecified atom stereocenters. The Hall–Kier alpha value is -3.74. The van der Waals surface area contributed by atoms with Crippen LogP contribution < -0.4 is 19.5 Å². The average Bonchev–Trinajstić information content (AvgIpc) is 2.87.